The molecule has 10 heteroatoms. The number of carbonyl (C=O) groups is 1. The van der Waals surface area contributed by atoms with Gasteiger partial charge in [0.1, 0.15) is 10.5 Å². The maximum absolute atomic E-state index is 13.6. The average Bonchev–Trinajstić information content (AvgIpc) is 3.63. The number of hydrogen-bond donors (Lipinski definition) is 2. The fourth-order valence-electron chi connectivity index (χ4n) is 6.22. The Bertz CT molecular complexity index is 1630. The third-order valence-corrected chi connectivity index (χ3v) is 11.9. The summed E-state index contributed by atoms with van der Waals surface area (Å²) in [4.78, 5) is 21.9. The molecule has 1 amide bonds. The largest absolute Gasteiger partial charge is 0.386 e. The molecule has 226 valence electrons. The van der Waals surface area contributed by atoms with Gasteiger partial charge in [0, 0.05) is 36.2 Å². The zero-order chi connectivity index (χ0) is 30.4. The van der Waals surface area contributed by atoms with Gasteiger partial charge in [-0.3, -0.25) is 4.79 Å². The Hall–Kier alpha value is -3.26. The number of rotatable bonds is 7. The molecule has 1 saturated heterocycles. The van der Waals surface area contributed by atoms with E-state index < -0.39 is 21.0 Å². The van der Waals surface area contributed by atoms with Crippen molar-refractivity contribution >= 4 is 32.8 Å². The highest BCUT2D eigenvalue weighted by atomic mass is 32.2. The van der Waals surface area contributed by atoms with E-state index in [-0.39, 0.29) is 29.2 Å². The number of carbonyl (C=O) groups excluding carboxylic acids is 1. The van der Waals surface area contributed by atoms with Crippen LogP contribution in [0.1, 0.15) is 69.5 Å². The Morgan fingerprint density at radius 2 is 1.67 bits per heavy atom. The van der Waals surface area contributed by atoms with Gasteiger partial charge in [-0.2, -0.15) is 5.26 Å². The van der Waals surface area contributed by atoms with Gasteiger partial charge >= 0.3 is 0 Å². The van der Waals surface area contributed by atoms with Gasteiger partial charge in [0.2, 0.25) is 5.91 Å². The van der Waals surface area contributed by atoms with Crippen LogP contribution >= 0.6 is 11.3 Å². The molecule has 2 N–H and O–H groups in total. The molecular formula is C33H38N4O4S2. The highest BCUT2D eigenvalue weighted by Gasteiger charge is 2.47. The van der Waals surface area contributed by atoms with Crippen LogP contribution in [0.4, 0.5) is 5.69 Å². The summed E-state index contributed by atoms with van der Waals surface area (Å²) in [5.41, 5.74) is 3.06. The number of amides is 1. The lowest BCUT2D eigenvalue weighted by molar-refractivity contribution is -0.127. The fraction of sp³-hybridized carbons (Fsp3) is 0.485. The molecule has 1 aromatic heterocycles. The maximum Gasteiger partial charge on any atom is 0.225 e. The van der Waals surface area contributed by atoms with E-state index in [0.717, 1.165) is 63.6 Å². The Balaban J connectivity index is 1.35. The first-order chi connectivity index (χ1) is 20.5. The number of nitrogens with zero attached hydrogens (tertiary/aromatic N) is 3. The maximum atomic E-state index is 13.6. The molecule has 3 fully saturated rings. The lowest BCUT2D eigenvalue weighted by atomic mass is 9.76. The van der Waals surface area contributed by atoms with Crippen molar-refractivity contribution in [3.8, 4) is 27.1 Å². The van der Waals surface area contributed by atoms with E-state index in [2.05, 4.69) is 28.4 Å². The smallest absolute Gasteiger partial charge is 0.225 e. The monoisotopic (exact) mass is 618 g/mol. The molecule has 2 heterocycles. The highest BCUT2D eigenvalue weighted by molar-refractivity contribution is 7.91. The Morgan fingerprint density at radius 1 is 1.05 bits per heavy atom. The lowest BCUT2D eigenvalue weighted by Crippen LogP contribution is -2.42. The van der Waals surface area contributed by atoms with Crippen molar-refractivity contribution in [2.24, 2.45) is 5.92 Å². The molecule has 3 aliphatic rings. The quantitative estimate of drug-likeness (QED) is 0.364. The third-order valence-electron chi connectivity index (χ3n) is 9.11. The Labute approximate surface area is 257 Å². The lowest BCUT2D eigenvalue weighted by Gasteiger charge is -2.31. The number of nitrogens with one attached hydrogen (secondary N) is 1. The van der Waals surface area contributed by atoms with E-state index in [9.17, 15) is 23.6 Å². The molecule has 2 aliphatic carbocycles. The number of aliphatic hydroxyl groups is 1. The zero-order valence-corrected chi connectivity index (χ0v) is 26.3. The van der Waals surface area contributed by atoms with Crippen LogP contribution in [0.3, 0.4) is 0 Å². The number of nitriles is 1. The minimum atomic E-state index is -2.96. The molecule has 2 aromatic carbocycles. The summed E-state index contributed by atoms with van der Waals surface area (Å²) in [6.45, 7) is 4.50. The molecule has 0 spiro atoms. The van der Waals surface area contributed by atoms with Crippen molar-refractivity contribution in [3.63, 3.8) is 0 Å². The molecule has 0 radical (unpaired) electrons. The fourth-order valence-corrected chi connectivity index (χ4v) is 8.57. The summed E-state index contributed by atoms with van der Waals surface area (Å²) >= 11 is 1.61. The van der Waals surface area contributed by atoms with Crippen molar-refractivity contribution in [1.82, 2.24) is 10.3 Å². The van der Waals surface area contributed by atoms with Gasteiger partial charge in [0.25, 0.3) is 0 Å². The molecule has 2 saturated carbocycles. The van der Waals surface area contributed by atoms with E-state index >= 15 is 0 Å². The summed E-state index contributed by atoms with van der Waals surface area (Å²) in [5.74, 6) is -0.0242. The van der Waals surface area contributed by atoms with Crippen LogP contribution in [-0.2, 0) is 20.2 Å². The number of sulfone groups is 1. The van der Waals surface area contributed by atoms with Gasteiger partial charge in [-0.1, -0.05) is 49.2 Å². The van der Waals surface area contributed by atoms with Gasteiger partial charge in [-0.15, -0.1) is 11.3 Å². The average molecular weight is 619 g/mol. The first-order valence-corrected chi connectivity index (χ1v) is 17.7. The standard InChI is InChI=1S/C33H38N4O4S2/c1-32(2,39)24-11-7-23(8-12-24)31-35-28(26-5-3-4-6-27(26)30(38)36-33(21-34)15-16-33)29(42-31)22-9-13-25(14-10-22)37-17-19-43(40,41)20-18-37/h7-14,26-27,39H,3-6,15-20H2,1-2H3,(H,36,38)/t26-,27-/m1/s1. The molecule has 3 aromatic rings. The molecule has 2 atom stereocenters. The van der Waals surface area contributed by atoms with Crippen molar-refractivity contribution in [2.75, 3.05) is 29.5 Å². The van der Waals surface area contributed by atoms with Crippen LogP contribution in [0, 0.1) is 17.2 Å². The first kappa shape index (κ1) is 29.8. The van der Waals surface area contributed by atoms with Crippen molar-refractivity contribution < 1.29 is 18.3 Å². The van der Waals surface area contributed by atoms with E-state index in [1.165, 1.54) is 0 Å². The normalized spacial score (nSPS) is 22.9. The molecule has 8 nitrogen and oxygen atoms in total. The Kier molecular flexibility index (Phi) is 7.86. The van der Waals surface area contributed by atoms with Crippen molar-refractivity contribution in [3.05, 3.63) is 59.8 Å². The topological polar surface area (TPSA) is 123 Å². The predicted molar refractivity (Wildman–Crippen MR) is 170 cm³/mol. The molecule has 0 bridgehead atoms. The van der Waals surface area contributed by atoms with Crippen LogP contribution in [0.25, 0.3) is 21.0 Å². The minimum absolute atomic E-state index is 0.0471. The number of benzene rings is 2. The zero-order valence-electron chi connectivity index (χ0n) is 24.7. The summed E-state index contributed by atoms with van der Waals surface area (Å²) < 4.78 is 23.8. The molecule has 0 unspecified atom stereocenters. The van der Waals surface area contributed by atoms with E-state index in [0.29, 0.717) is 25.9 Å². The molecule has 1 aliphatic heterocycles. The second-order valence-corrected chi connectivity index (χ2v) is 16.0. The summed E-state index contributed by atoms with van der Waals surface area (Å²) in [7, 11) is -2.96. The van der Waals surface area contributed by atoms with Crippen molar-refractivity contribution in [2.45, 2.75) is 69.4 Å². The number of anilines is 1. The first-order valence-electron chi connectivity index (χ1n) is 15.1. The summed E-state index contributed by atoms with van der Waals surface area (Å²) in [6, 6.07) is 18.4. The van der Waals surface area contributed by atoms with Crippen LogP contribution in [0.2, 0.25) is 0 Å². The highest BCUT2D eigenvalue weighted by Crippen LogP contribution is 2.47. The Morgan fingerprint density at radius 3 is 2.28 bits per heavy atom. The van der Waals surface area contributed by atoms with E-state index in [1.54, 1.807) is 25.2 Å². The van der Waals surface area contributed by atoms with Gasteiger partial charge < -0.3 is 15.3 Å². The molecular weight excluding hydrogens is 581 g/mol. The van der Waals surface area contributed by atoms with Crippen LogP contribution in [0.15, 0.2) is 48.5 Å². The van der Waals surface area contributed by atoms with Gasteiger partial charge in [-0.05, 0) is 62.8 Å². The van der Waals surface area contributed by atoms with Gasteiger partial charge in [-0.25, -0.2) is 13.4 Å². The molecule has 6 rings (SSSR count). The minimum Gasteiger partial charge on any atom is -0.386 e. The number of aromatic nitrogens is 1. The SMILES string of the molecule is CC(C)(O)c1ccc(-c2nc([C@@H]3CCCC[C@H]3C(=O)NC3(C#N)CC3)c(-c3ccc(N4CCS(=O)(=O)CC4)cc3)s2)cc1. The van der Waals surface area contributed by atoms with Crippen LogP contribution in [-0.4, -0.2) is 54.5 Å². The third kappa shape index (κ3) is 6.35. The number of thiazole rings is 1. The molecule has 43 heavy (non-hydrogen) atoms. The summed E-state index contributed by atoms with van der Waals surface area (Å²) in [5, 5.41) is 24.0. The van der Waals surface area contributed by atoms with E-state index in [4.69, 9.17) is 4.98 Å². The second-order valence-electron chi connectivity index (χ2n) is 12.7. The van der Waals surface area contributed by atoms with Gasteiger partial charge in [0.05, 0.1) is 33.7 Å². The summed E-state index contributed by atoms with van der Waals surface area (Å²) in [6.07, 6.45) is 5.01. The predicted octanol–water partition coefficient (Wildman–Crippen LogP) is 5.39. The van der Waals surface area contributed by atoms with Gasteiger partial charge in [0.15, 0.2) is 9.84 Å². The second kappa shape index (κ2) is 11.3. The van der Waals surface area contributed by atoms with Crippen LogP contribution < -0.4 is 10.2 Å². The van der Waals surface area contributed by atoms with Crippen molar-refractivity contribution in [1.29, 1.82) is 5.26 Å². The van der Waals surface area contributed by atoms with Crippen LogP contribution in [0.5, 0.6) is 0 Å². The number of hydrogen-bond acceptors (Lipinski definition) is 8. The van der Waals surface area contributed by atoms with E-state index in [1.807, 2.05) is 36.4 Å².